The number of carbonyl (C=O) groups is 2. The summed E-state index contributed by atoms with van der Waals surface area (Å²) < 4.78 is 5.71. The molecule has 7 heteroatoms. The van der Waals surface area contributed by atoms with Crippen molar-refractivity contribution in [1.29, 1.82) is 0 Å². The first kappa shape index (κ1) is 18.5. The molecule has 2 fully saturated rings. The van der Waals surface area contributed by atoms with Gasteiger partial charge in [-0.3, -0.25) is 4.79 Å². The maximum absolute atomic E-state index is 12.4. The summed E-state index contributed by atoms with van der Waals surface area (Å²) in [4.78, 5) is 26.7. The van der Waals surface area contributed by atoms with E-state index in [1.165, 1.54) is 24.2 Å². The first-order chi connectivity index (χ1) is 12.1. The van der Waals surface area contributed by atoms with Crippen molar-refractivity contribution in [2.45, 2.75) is 45.1 Å². The molecule has 138 valence electrons. The third kappa shape index (κ3) is 5.11. The van der Waals surface area contributed by atoms with Crippen LogP contribution in [0.4, 0.5) is 4.79 Å². The number of hydrogen-bond donors (Lipinski definition) is 1. The second kappa shape index (κ2) is 8.41. The van der Waals surface area contributed by atoms with Crippen LogP contribution in [0.25, 0.3) is 0 Å². The molecule has 3 rings (SSSR count). The van der Waals surface area contributed by atoms with E-state index in [9.17, 15) is 9.59 Å². The van der Waals surface area contributed by atoms with E-state index in [4.69, 9.17) is 16.3 Å². The molecule has 1 aromatic rings. The molecule has 1 aliphatic heterocycles. The molecule has 2 amide bonds. The quantitative estimate of drug-likeness (QED) is 0.800. The van der Waals surface area contributed by atoms with Crippen LogP contribution >= 0.6 is 22.9 Å². The lowest BCUT2D eigenvalue weighted by atomic mass is 9.88. The number of likely N-dealkylation sites (tertiary alicyclic amines) is 1. The number of rotatable bonds is 6. The number of carbonyl (C=O) groups excluding carboxylic acids is 2. The van der Waals surface area contributed by atoms with Crippen molar-refractivity contribution in [2.24, 2.45) is 11.8 Å². The average Bonchev–Trinajstić information content (AvgIpc) is 3.36. The van der Waals surface area contributed by atoms with E-state index >= 15 is 0 Å². The second-order valence-corrected chi connectivity index (χ2v) is 8.60. The van der Waals surface area contributed by atoms with Gasteiger partial charge in [0.25, 0.3) is 5.91 Å². The van der Waals surface area contributed by atoms with Gasteiger partial charge in [0.2, 0.25) is 0 Å². The molecule has 1 N–H and O–H groups in total. The molecule has 1 saturated carbocycles. The van der Waals surface area contributed by atoms with E-state index in [1.54, 1.807) is 17.0 Å². The highest BCUT2D eigenvalue weighted by Crippen LogP contribution is 2.37. The number of nitrogens with one attached hydrogen (secondary N) is 1. The zero-order chi connectivity index (χ0) is 17.8. The Labute approximate surface area is 157 Å². The fourth-order valence-corrected chi connectivity index (χ4v) is 4.42. The van der Waals surface area contributed by atoms with E-state index in [0.717, 1.165) is 32.4 Å². The Hall–Kier alpha value is -1.27. The van der Waals surface area contributed by atoms with Crippen molar-refractivity contribution in [3.05, 3.63) is 21.3 Å². The van der Waals surface area contributed by atoms with Crippen molar-refractivity contribution < 1.29 is 14.3 Å². The lowest BCUT2D eigenvalue weighted by Crippen LogP contribution is -2.42. The van der Waals surface area contributed by atoms with Crippen LogP contribution in [0, 0.1) is 11.8 Å². The van der Waals surface area contributed by atoms with E-state index in [-0.39, 0.29) is 18.0 Å². The van der Waals surface area contributed by atoms with Gasteiger partial charge in [0, 0.05) is 19.1 Å². The molecule has 0 aromatic carbocycles. The highest BCUT2D eigenvalue weighted by molar-refractivity contribution is 7.18. The maximum atomic E-state index is 12.4. The summed E-state index contributed by atoms with van der Waals surface area (Å²) in [6.45, 7) is 3.74. The largest absolute Gasteiger partial charge is 0.450 e. The Bertz CT molecular complexity index is 609. The summed E-state index contributed by atoms with van der Waals surface area (Å²) in [6.07, 6.45) is 5.12. The minimum absolute atomic E-state index is 0.0160. The summed E-state index contributed by atoms with van der Waals surface area (Å²) in [5.41, 5.74) is 0. The third-order valence-corrected chi connectivity index (χ3v) is 6.26. The van der Waals surface area contributed by atoms with Gasteiger partial charge in [-0.15, -0.1) is 11.3 Å². The summed E-state index contributed by atoms with van der Waals surface area (Å²) in [6, 6.07) is 3.77. The summed E-state index contributed by atoms with van der Waals surface area (Å²) in [5, 5.41) is 3.22. The molecule has 0 unspecified atom stereocenters. The Kier molecular flexibility index (Phi) is 6.23. The number of thiophene rings is 1. The van der Waals surface area contributed by atoms with Gasteiger partial charge in [-0.25, -0.2) is 4.79 Å². The molecule has 0 radical (unpaired) electrons. The van der Waals surface area contributed by atoms with Crippen LogP contribution < -0.4 is 5.32 Å². The maximum Gasteiger partial charge on any atom is 0.409 e. The van der Waals surface area contributed by atoms with Crippen LogP contribution in [0.5, 0.6) is 0 Å². The van der Waals surface area contributed by atoms with E-state index < -0.39 is 0 Å². The predicted molar refractivity (Wildman–Crippen MR) is 99.2 cm³/mol. The number of halogens is 1. The van der Waals surface area contributed by atoms with Crippen LogP contribution in [-0.2, 0) is 4.74 Å². The molecule has 1 aromatic heterocycles. The van der Waals surface area contributed by atoms with E-state index in [0.29, 0.717) is 27.7 Å². The standard InChI is InChI=1S/C18H25ClN2O3S/c1-2-24-18(23)21-9-7-12(8-10-21)11-14(13-3-4-13)20-17(22)15-5-6-16(19)25-15/h5-6,12-14H,2-4,7-11H2,1H3,(H,20,22)/t14-/m1/s1. The van der Waals surface area contributed by atoms with Gasteiger partial charge in [0.15, 0.2) is 0 Å². The molecular weight excluding hydrogens is 360 g/mol. The van der Waals surface area contributed by atoms with Crippen LogP contribution in [0.15, 0.2) is 12.1 Å². The third-order valence-electron chi connectivity index (χ3n) is 5.03. The first-order valence-electron chi connectivity index (χ1n) is 9.04. The number of ether oxygens (including phenoxy) is 1. The van der Waals surface area contributed by atoms with Crippen molar-refractivity contribution in [3.63, 3.8) is 0 Å². The van der Waals surface area contributed by atoms with Gasteiger partial charge in [-0.05, 0) is 63.0 Å². The minimum atomic E-state index is -0.206. The van der Waals surface area contributed by atoms with Crippen LogP contribution in [0.2, 0.25) is 4.34 Å². The summed E-state index contributed by atoms with van der Waals surface area (Å²) in [7, 11) is 0. The lowest BCUT2D eigenvalue weighted by molar-refractivity contribution is 0.0868. The van der Waals surface area contributed by atoms with Gasteiger partial charge < -0.3 is 15.0 Å². The zero-order valence-corrected chi connectivity index (χ0v) is 16.1. The highest BCUT2D eigenvalue weighted by atomic mass is 35.5. The fraction of sp³-hybridized carbons (Fsp3) is 0.667. The number of amides is 2. The number of nitrogens with zero attached hydrogens (tertiary/aromatic N) is 1. The molecule has 2 heterocycles. The molecule has 2 aliphatic rings. The molecule has 1 saturated heterocycles. The van der Waals surface area contributed by atoms with E-state index in [2.05, 4.69) is 5.32 Å². The Morgan fingerprint density at radius 1 is 1.32 bits per heavy atom. The molecule has 1 atom stereocenters. The topological polar surface area (TPSA) is 58.6 Å². The zero-order valence-electron chi connectivity index (χ0n) is 14.5. The highest BCUT2D eigenvalue weighted by Gasteiger charge is 2.35. The molecule has 0 spiro atoms. The molecule has 0 bridgehead atoms. The van der Waals surface area contributed by atoms with Gasteiger partial charge >= 0.3 is 6.09 Å². The first-order valence-corrected chi connectivity index (χ1v) is 10.2. The van der Waals surface area contributed by atoms with E-state index in [1.807, 2.05) is 6.92 Å². The van der Waals surface area contributed by atoms with Gasteiger partial charge in [0.1, 0.15) is 0 Å². The van der Waals surface area contributed by atoms with Gasteiger partial charge in [0.05, 0.1) is 15.8 Å². The minimum Gasteiger partial charge on any atom is -0.450 e. The Morgan fingerprint density at radius 2 is 2.04 bits per heavy atom. The Balaban J connectivity index is 1.50. The molecule has 1 aliphatic carbocycles. The SMILES string of the molecule is CCOC(=O)N1CCC(C[C@@H](NC(=O)c2ccc(Cl)s2)C2CC2)CC1. The Morgan fingerprint density at radius 3 is 2.60 bits per heavy atom. The van der Waals surface area contributed by atoms with Gasteiger partial charge in [-0.2, -0.15) is 0 Å². The molecule has 25 heavy (non-hydrogen) atoms. The van der Waals surface area contributed by atoms with Crippen LogP contribution in [0.1, 0.15) is 48.7 Å². The van der Waals surface area contributed by atoms with Gasteiger partial charge in [-0.1, -0.05) is 11.6 Å². The second-order valence-electron chi connectivity index (χ2n) is 6.89. The van der Waals surface area contributed by atoms with Crippen molar-refractivity contribution in [3.8, 4) is 0 Å². The fourth-order valence-electron chi connectivity index (χ4n) is 3.47. The average molecular weight is 385 g/mol. The van der Waals surface area contributed by atoms with Crippen molar-refractivity contribution >= 4 is 34.9 Å². The molecular formula is C18H25ClN2O3S. The smallest absolute Gasteiger partial charge is 0.409 e. The normalized spacial score (nSPS) is 19.5. The van der Waals surface area contributed by atoms with Crippen LogP contribution in [-0.4, -0.2) is 42.6 Å². The number of piperidine rings is 1. The summed E-state index contributed by atoms with van der Waals surface area (Å²) >= 11 is 7.25. The number of hydrogen-bond acceptors (Lipinski definition) is 4. The van der Waals surface area contributed by atoms with Crippen molar-refractivity contribution in [2.75, 3.05) is 19.7 Å². The predicted octanol–water partition coefficient (Wildman–Crippen LogP) is 4.17. The summed E-state index contributed by atoms with van der Waals surface area (Å²) in [5.74, 6) is 1.13. The lowest BCUT2D eigenvalue weighted by Gasteiger charge is -2.33. The molecule has 5 nitrogen and oxygen atoms in total. The van der Waals surface area contributed by atoms with Crippen LogP contribution in [0.3, 0.4) is 0 Å². The monoisotopic (exact) mass is 384 g/mol. The van der Waals surface area contributed by atoms with Crippen molar-refractivity contribution in [1.82, 2.24) is 10.2 Å².